The molecule has 0 amide bonds. The van der Waals surface area contributed by atoms with E-state index in [4.69, 9.17) is 0 Å². The van der Waals surface area contributed by atoms with Gasteiger partial charge >= 0.3 is 0 Å². The van der Waals surface area contributed by atoms with Gasteiger partial charge in [-0.2, -0.15) is 0 Å². The second kappa shape index (κ2) is 13.9. The highest BCUT2D eigenvalue weighted by Gasteiger charge is 2.20. The summed E-state index contributed by atoms with van der Waals surface area (Å²) in [5.74, 6) is 0. The van der Waals surface area contributed by atoms with E-state index in [1.54, 1.807) is 0 Å². The van der Waals surface area contributed by atoms with E-state index in [0.717, 1.165) is 0 Å². The van der Waals surface area contributed by atoms with Gasteiger partial charge in [0.1, 0.15) is 0 Å². The highest BCUT2D eigenvalue weighted by atomic mass is 14.2. The Bertz CT molecular complexity index is 2770. The zero-order chi connectivity index (χ0) is 34.7. The lowest BCUT2D eigenvalue weighted by atomic mass is 9.82. The maximum atomic E-state index is 2.34. The van der Waals surface area contributed by atoms with Crippen molar-refractivity contribution < 1.29 is 0 Å². The number of hydrogen-bond donors (Lipinski definition) is 0. The average Bonchev–Trinajstić information content (AvgIpc) is 3.22. The minimum absolute atomic E-state index is 1.17. The smallest absolute Gasteiger partial charge is 0.00141 e. The van der Waals surface area contributed by atoms with Gasteiger partial charge in [0.2, 0.25) is 0 Å². The number of rotatable bonds is 7. The second-order valence-corrected chi connectivity index (χ2v) is 13.3. The molecule has 0 heteroatoms. The SMILES string of the molecule is C(=Cc1cccc(-c2c3ccccc3c(-c3cccc(C=Cc4ccccc4)c3)c3c(-c4ccc5ccccc5c4)cccc23)c1)c1ccccc1. The maximum absolute atomic E-state index is 2.34. The molecule has 0 aliphatic heterocycles. The molecule has 0 N–H and O–H groups in total. The maximum Gasteiger partial charge on any atom is -0.00141 e. The molecular formula is C52H36. The Hall–Kier alpha value is -6.76. The van der Waals surface area contributed by atoms with Crippen LogP contribution in [0.5, 0.6) is 0 Å². The van der Waals surface area contributed by atoms with E-state index in [-0.39, 0.29) is 0 Å². The van der Waals surface area contributed by atoms with Crippen LogP contribution in [0.2, 0.25) is 0 Å². The molecule has 0 spiro atoms. The fraction of sp³-hybridized carbons (Fsp3) is 0. The van der Waals surface area contributed by atoms with Crippen molar-refractivity contribution in [2.24, 2.45) is 0 Å². The van der Waals surface area contributed by atoms with Crippen LogP contribution in [-0.2, 0) is 0 Å². The third kappa shape index (κ3) is 6.12. The van der Waals surface area contributed by atoms with Gasteiger partial charge in [0.05, 0.1) is 0 Å². The Morgan fingerprint density at radius 1 is 0.269 bits per heavy atom. The van der Waals surface area contributed by atoms with Crippen molar-refractivity contribution in [3.8, 4) is 33.4 Å². The molecule has 0 radical (unpaired) electrons. The minimum Gasteiger partial charge on any atom is -0.0622 e. The first-order valence-electron chi connectivity index (χ1n) is 17.9. The predicted molar refractivity (Wildman–Crippen MR) is 226 cm³/mol. The molecule has 9 aromatic rings. The standard InChI is InChI=1S/C52H36/c1-3-14-37(15-4-1)28-30-39-18-11-22-44(34-39)50-47-24-9-10-25-48(47)51(45-23-12-19-40(35-45)31-29-38-16-5-2-6-17-38)52-46(26-13-27-49(50)52)43-33-32-41-20-7-8-21-42(41)36-43/h1-36H. The van der Waals surface area contributed by atoms with Gasteiger partial charge in [-0.1, -0.05) is 200 Å². The van der Waals surface area contributed by atoms with Gasteiger partial charge in [0, 0.05) is 0 Å². The second-order valence-electron chi connectivity index (χ2n) is 13.3. The quantitative estimate of drug-likeness (QED) is 0.118. The summed E-state index contributed by atoms with van der Waals surface area (Å²) in [5.41, 5.74) is 12.1. The summed E-state index contributed by atoms with van der Waals surface area (Å²) in [6.07, 6.45) is 8.82. The zero-order valence-corrected chi connectivity index (χ0v) is 28.8. The van der Waals surface area contributed by atoms with Crippen LogP contribution in [0.4, 0.5) is 0 Å². The summed E-state index contributed by atoms with van der Waals surface area (Å²) >= 11 is 0. The molecular weight excluding hydrogens is 625 g/mol. The molecule has 0 bridgehead atoms. The van der Waals surface area contributed by atoms with Gasteiger partial charge in [0.25, 0.3) is 0 Å². The Morgan fingerprint density at radius 2 is 0.750 bits per heavy atom. The van der Waals surface area contributed by atoms with E-state index in [0.29, 0.717) is 0 Å². The monoisotopic (exact) mass is 660 g/mol. The first-order valence-corrected chi connectivity index (χ1v) is 17.9. The lowest BCUT2D eigenvalue weighted by Gasteiger charge is -2.21. The van der Waals surface area contributed by atoms with Gasteiger partial charge in [0.15, 0.2) is 0 Å². The van der Waals surface area contributed by atoms with Gasteiger partial charge in [-0.05, 0) is 106 Å². The van der Waals surface area contributed by atoms with Gasteiger partial charge in [-0.15, -0.1) is 0 Å². The molecule has 9 aromatic carbocycles. The molecule has 0 aromatic heterocycles. The van der Waals surface area contributed by atoms with Crippen molar-refractivity contribution in [1.29, 1.82) is 0 Å². The summed E-state index contributed by atoms with van der Waals surface area (Å²) in [6, 6.07) is 70.3. The third-order valence-electron chi connectivity index (χ3n) is 10.00. The van der Waals surface area contributed by atoms with Crippen molar-refractivity contribution in [3.05, 3.63) is 216 Å². The van der Waals surface area contributed by atoms with Crippen LogP contribution < -0.4 is 0 Å². The molecule has 52 heavy (non-hydrogen) atoms. The van der Waals surface area contributed by atoms with E-state index in [9.17, 15) is 0 Å². The fourth-order valence-electron chi connectivity index (χ4n) is 7.55. The molecule has 0 aliphatic rings. The van der Waals surface area contributed by atoms with Crippen molar-refractivity contribution in [2.75, 3.05) is 0 Å². The summed E-state index contributed by atoms with van der Waals surface area (Å²) in [5, 5.41) is 7.49. The Balaban J connectivity index is 1.31. The van der Waals surface area contributed by atoms with Gasteiger partial charge in [-0.3, -0.25) is 0 Å². The first-order chi connectivity index (χ1) is 25.8. The van der Waals surface area contributed by atoms with Crippen molar-refractivity contribution >= 4 is 56.6 Å². The van der Waals surface area contributed by atoms with E-state index < -0.39 is 0 Å². The molecule has 0 aliphatic carbocycles. The molecule has 0 unspecified atom stereocenters. The van der Waals surface area contributed by atoms with E-state index in [1.807, 2.05) is 0 Å². The summed E-state index contributed by atoms with van der Waals surface area (Å²) in [7, 11) is 0. The predicted octanol–water partition coefficient (Wildman–Crippen LogP) is 14.5. The van der Waals surface area contributed by atoms with Crippen molar-refractivity contribution in [3.63, 3.8) is 0 Å². The Labute approximate surface area is 305 Å². The van der Waals surface area contributed by atoms with Gasteiger partial charge in [-0.25, -0.2) is 0 Å². The largest absolute Gasteiger partial charge is 0.0622 e. The molecule has 0 saturated heterocycles. The number of fused-ring (bicyclic) bond motifs is 3. The Morgan fingerprint density at radius 3 is 1.40 bits per heavy atom. The van der Waals surface area contributed by atoms with E-state index in [1.165, 1.54) is 88.0 Å². The number of hydrogen-bond acceptors (Lipinski definition) is 0. The zero-order valence-electron chi connectivity index (χ0n) is 28.8. The highest BCUT2D eigenvalue weighted by molar-refractivity contribution is 6.25. The molecule has 0 nitrogen and oxygen atoms in total. The highest BCUT2D eigenvalue weighted by Crippen LogP contribution is 2.47. The van der Waals surface area contributed by atoms with Crippen LogP contribution >= 0.6 is 0 Å². The molecule has 0 atom stereocenters. The average molecular weight is 661 g/mol. The molecule has 0 heterocycles. The lowest BCUT2D eigenvalue weighted by Crippen LogP contribution is -1.94. The topological polar surface area (TPSA) is 0 Å². The molecule has 244 valence electrons. The Kier molecular flexibility index (Phi) is 8.33. The first kappa shape index (κ1) is 31.2. The normalized spacial score (nSPS) is 11.7. The molecule has 0 saturated carbocycles. The van der Waals surface area contributed by atoms with E-state index >= 15 is 0 Å². The molecule has 9 rings (SSSR count). The fourth-order valence-corrected chi connectivity index (χ4v) is 7.55. The lowest BCUT2D eigenvalue weighted by molar-refractivity contribution is 1.61. The van der Waals surface area contributed by atoms with Gasteiger partial charge < -0.3 is 0 Å². The van der Waals surface area contributed by atoms with Crippen LogP contribution in [0.3, 0.4) is 0 Å². The third-order valence-corrected chi connectivity index (χ3v) is 10.00. The minimum atomic E-state index is 1.17. The summed E-state index contributed by atoms with van der Waals surface area (Å²) in [4.78, 5) is 0. The van der Waals surface area contributed by atoms with Crippen LogP contribution in [0.15, 0.2) is 194 Å². The van der Waals surface area contributed by atoms with Crippen LogP contribution in [0.1, 0.15) is 22.3 Å². The van der Waals surface area contributed by atoms with E-state index in [2.05, 4.69) is 218 Å². The van der Waals surface area contributed by atoms with Crippen LogP contribution in [-0.4, -0.2) is 0 Å². The number of benzene rings is 9. The summed E-state index contributed by atoms with van der Waals surface area (Å²) in [6.45, 7) is 0. The van der Waals surface area contributed by atoms with Crippen molar-refractivity contribution in [1.82, 2.24) is 0 Å². The van der Waals surface area contributed by atoms with Crippen molar-refractivity contribution in [2.45, 2.75) is 0 Å². The molecule has 0 fully saturated rings. The van der Waals surface area contributed by atoms with Crippen LogP contribution in [0.25, 0.3) is 90.0 Å². The summed E-state index contributed by atoms with van der Waals surface area (Å²) < 4.78 is 0. The van der Waals surface area contributed by atoms with Crippen LogP contribution in [0, 0.1) is 0 Å².